The molecule has 2 aromatic rings. The maximum absolute atomic E-state index is 12.6. The fourth-order valence-electron chi connectivity index (χ4n) is 2.44. The lowest BCUT2D eigenvalue weighted by Crippen LogP contribution is -2.24. The average Bonchev–Trinajstić information content (AvgIpc) is 2.75. The van der Waals surface area contributed by atoms with E-state index in [1.807, 2.05) is 0 Å². The molecule has 0 aliphatic carbocycles. The molecule has 8 heteroatoms. The molecule has 0 heterocycles. The zero-order chi connectivity index (χ0) is 21.4. The van der Waals surface area contributed by atoms with E-state index in [4.69, 9.17) is 30.5 Å². The monoisotopic (exact) mass is 419 g/mol. The predicted octanol–water partition coefficient (Wildman–Crippen LogP) is 3.39. The Morgan fingerprint density at radius 2 is 1.66 bits per heavy atom. The Morgan fingerprint density at radius 3 is 2.28 bits per heavy atom. The number of carbonyl (C=O) groups excluding carboxylic acids is 2. The first-order chi connectivity index (χ1) is 13.9. The van der Waals surface area contributed by atoms with Gasteiger partial charge in [0, 0.05) is 13.1 Å². The van der Waals surface area contributed by atoms with Gasteiger partial charge in [-0.1, -0.05) is 23.7 Å². The number of methoxy groups -OCH3 is 3. The highest BCUT2D eigenvalue weighted by Crippen LogP contribution is 2.33. The van der Waals surface area contributed by atoms with Gasteiger partial charge in [-0.3, -0.25) is 9.59 Å². The first-order valence-corrected chi connectivity index (χ1v) is 8.96. The quantitative estimate of drug-likeness (QED) is 0.495. The zero-order valence-corrected chi connectivity index (χ0v) is 17.3. The molecule has 0 spiro atoms. The van der Waals surface area contributed by atoms with Crippen LogP contribution in [0.2, 0.25) is 5.02 Å². The molecule has 0 aliphatic heterocycles. The number of hydrogen-bond donors (Lipinski definition) is 1. The molecule has 0 saturated heterocycles. The van der Waals surface area contributed by atoms with Crippen LogP contribution in [-0.4, -0.2) is 46.7 Å². The van der Waals surface area contributed by atoms with Crippen LogP contribution in [0.1, 0.15) is 15.9 Å². The third kappa shape index (κ3) is 5.65. The molecule has 0 atom stereocenters. The van der Waals surface area contributed by atoms with Crippen molar-refractivity contribution < 1.29 is 28.5 Å². The maximum Gasteiger partial charge on any atom is 0.257 e. The van der Waals surface area contributed by atoms with E-state index in [0.29, 0.717) is 39.1 Å². The third-order valence-electron chi connectivity index (χ3n) is 3.99. The summed E-state index contributed by atoms with van der Waals surface area (Å²) in [4.78, 5) is 23.9. The van der Waals surface area contributed by atoms with E-state index >= 15 is 0 Å². The normalized spacial score (nSPS) is 10.5. The summed E-state index contributed by atoms with van der Waals surface area (Å²) < 4.78 is 21.1. The number of ketones is 1. The molecular weight excluding hydrogens is 398 g/mol. The smallest absolute Gasteiger partial charge is 0.257 e. The van der Waals surface area contributed by atoms with Crippen molar-refractivity contribution in [2.45, 2.75) is 0 Å². The van der Waals surface area contributed by atoms with Crippen LogP contribution in [0, 0.1) is 0 Å². The van der Waals surface area contributed by atoms with Gasteiger partial charge in [0.25, 0.3) is 5.91 Å². The number of benzene rings is 2. The van der Waals surface area contributed by atoms with Crippen molar-refractivity contribution in [2.75, 3.05) is 35.0 Å². The first kappa shape index (κ1) is 22.1. The van der Waals surface area contributed by atoms with Gasteiger partial charge < -0.3 is 24.3 Å². The molecule has 2 aromatic carbocycles. The molecule has 0 radical (unpaired) electrons. The lowest BCUT2D eigenvalue weighted by atomic mass is 10.1. The van der Waals surface area contributed by atoms with E-state index in [1.54, 1.807) is 30.3 Å². The topological polar surface area (TPSA) is 83.1 Å². The minimum Gasteiger partial charge on any atom is -0.496 e. The second-order valence-electron chi connectivity index (χ2n) is 5.76. The van der Waals surface area contributed by atoms with Gasteiger partial charge in [0.15, 0.2) is 23.9 Å². The van der Waals surface area contributed by atoms with Crippen molar-refractivity contribution in [1.82, 2.24) is 5.32 Å². The maximum atomic E-state index is 12.6. The number of rotatable bonds is 9. The first-order valence-electron chi connectivity index (χ1n) is 8.58. The van der Waals surface area contributed by atoms with Crippen molar-refractivity contribution in [3.05, 3.63) is 52.6 Å². The Labute approximate surface area is 174 Å². The largest absolute Gasteiger partial charge is 0.496 e. The Balaban J connectivity index is 2.22. The summed E-state index contributed by atoms with van der Waals surface area (Å²) in [6, 6.07) is 8.16. The van der Waals surface area contributed by atoms with E-state index in [9.17, 15) is 9.59 Å². The molecule has 0 bridgehead atoms. The highest BCUT2D eigenvalue weighted by molar-refractivity contribution is 6.32. The van der Waals surface area contributed by atoms with Crippen LogP contribution in [0.25, 0.3) is 6.08 Å². The van der Waals surface area contributed by atoms with E-state index < -0.39 is 0 Å². The van der Waals surface area contributed by atoms with Crippen LogP contribution in [-0.2, 0) is 4.79 Å². The molecular formula is C21H22ClNO6. The van der Waals surface area contributed by atoms with Gasteiger partial charge in [-0.2, -0.15) is 0 Å². The summed E-state index contributed by atoms with van der Waals surface area (Å²) >= 11 is 6.12. The van der Waals surface area contributed by atoms with Gasteiger partial charge in [0.2, 0.25) is 0 Å². The molecule has 29 heavy (non-hydrogen) atoms. The highest BCUT2D eigenvalue weighted by atomic mass is 35.5. The summed E-state index contributed by atoms with van der Waals surface area (Å²) in [5.41, 5.74) is 1.02. The fourth-order valence-corrected chi connectivity index (χ4v) is 2.68. The molecule has 7 nitrogen and oxygen atoms in total. The average molecular weight is 420 g/mol. The Bertz CT molecular complexity index is 926. The van der Waals surface area contributed by atoms with Gasteiger partial charge in [-0.15, -0.1) is 0 Å². The molecule has 1 N–H and O–H groups in total. The van der Waals surface area contributed by atoms with Crippen LogP contribution in [0.5, 0.6) is 23.0 Å². The van der Waals surface area contributed by atoms with E-state index in [-0.39, 0.29) is 18.3 Å². The van der Waals surface area contributed by atoms with Crippen molar-refractivity contribution in [2.24, 2.45) is 0 Å². The number of carbonyl (C=O) groups is 2. The summed E-state index contributed by atoms with van der Waals surface area (Å²) in [6.07, 6.45) is 3.03. The second kappa shape index (κ2) is 10.4. The van der Waals surface area contributed by atoms with Crippen molar-refractivity contribution in [1.29, 1.82) is 0 Å². The van der Waals surface area contributed by atoms with Gasteiger partial charge >= 0.3 is 0 Å². The van der Waals surface area contributed by atoms with Crippen LogP contribution in [0.3, 0.4) is 0 Å². The van der Waals surface area contributed by atoms with E-state index in [1.165, 1.54) is 40.5 Å². The molecule has 1 amide bonds. The van der Waals surface area contributed by atoms with Crippen LogP contribution >= 0.6 is 11.6 Å². The van der Waals surface area contributed by atoms with Gasteiger partial charge in [0.1, 0.15) is 11.5 Å². The summed E-state index contributed by atoms with van der Waals surface area (Å²) in [5, 5.41) is 2.78. The Hall–Kier alpha value is -3.19. The number of likely N-dealkylation sites (N-methyl/N-ethyl adjacent to an activating group) is 1. The number of amides is 1. The molecule has 2 rings (SSSR count). The van der Waals surface area contributed by atoms with E-state index in [0.717, 1.165) is 0 Å². The van der Waals surface area contributed by atoms with Gasteiger partial charge in [-0.25, -0.2) is 0 Å². The second-order valence-corrected chi connectivity index (χ2v) is 6.16. The van der Waals surface area contributed by atoms with Crippen LogP contribution in [0.4, 0.5) is 0 Å². The van der Waals surface area contributed by atoms with Crippen molar-refractivity contribution >= 4 is 29.4 Å². The third-order valence-corrected chi connectivity index (χ3v) is 4.29. The minimum absolute atomic E-state index is 0.126. The fraction of sp³-hybridized carbons (Fsp3) is 0.238. The number of hydrogen-bond acceptors (Lipinski definition) is 6. The predicted molar refractivity (Wildman–Crippen MR) is 110 cm³/mol. The van der Waals surface area contributed by atoms with Crippen molar-refractivity contribution in [3.8, 4) is 23.0 Å². The Morgan fingerprint density at radius 1 is 0.966 bits per heavy atom. The standard InChI is InChI=1S/C21H22ClNO6/c1-23-21(25)12-29-17-8-6-13(9-20(17)28-4)5-7-16(24)14-10-15(22)19(27-3)11-18(14)26-2/h5-11H,12H2,1-4H3,(H,23,25). The number of ether oxygens (including phenoxy) is 4. The van der Waals surface area contributed by atoms with Crippen molar-refractivity contribution in [3.63, 3.8) is 0 Å². The SMILES string of the molecule is CNC(=O)COc1ccc(C=CC(=O)c2cc(Cl)c(OC)cc2OC)cc1OC. The highest BCUT2D eigenvalue weighted by Gasteiger charge is 2.15. The summed E-state index contributed by atoms with van der Waals surface area (Å²) in [6.45, 7) is -0.126. The van der Waals surface area contributed by atoms with E-state index in [2.05, 4.69) is 5.32 Å². The molecule has 0 aromatic heterocycles. The molecule has 0 aliphatic rings. The lowest BCUT2D eigenvalue weighted by Gasteiger charge is -2.11. The molecule has 0 fully saturated rings. The van der Waals surface area contributed by atoms with Gasteiger partial charge in [-0.05, 0) is 29.8 Å². The minimum atomic E-state index is -0.287. The van der Waals surface area contributed by atoms with Crippen LogP contribution in [0.15, 0.2) is 36.4 Å². The van der Waals surface area contributed by atoms with Crippen LogP contribution < -0.4 is 24.3 Å². The Kier molecular flexibility index (Phi) is 7.91. The number of nitrogens with one attached hydrogen (secondary N) is 1. The number of halogens is 1. The van der Waals surface area contributed by atoms with Gasteiger partial charge in [0.05, 0.1) is 31.9 Å². The molecule has 154 valence electrons. The number of allylic oxidation sites excluding steroid dienone is 1. The zero-order valence-electron chi connectivity index (χ0n) is 16.6. The summed E-state index contributed by atoms with van der Waals surface area (Å²) in [5.74, 6) is 1.09. The molecule has 0 unspecified atom stereocenters. The summed E-state index contributed by atoms with van der Waals surface area (Å²) in [7, 11) is 5.97. The lowest BCUT2D eigenvalue weighted by molar-refractivity contribution is -0.122. The molecule has 0 saturated carbocycles.